The Morgan fingerprint density at radius 1 is 1.30 bits per heavy atom. The van der Waals surface area contributed by atoms with Gasteiger partial charge in [0.15, 0.2) is 5.11 Å². The average Bonchev–Trinajstić information content (AvgIpc) is 3.12. The molecule has 7 heteroatoms. The van der Waals surface area contributed by atoms with Crippen molar-refractivity contribution < 1.29 is 4.42 Å². The molecule has 0 saturated carbocycles. The number of thiocarbonyl (C=S) groups is 1. The zero-order chi connectivity index (χ0) is 16.5. The highest BCUT2D eigenvalue weighted by atomic mass is 32.2. The summed E-state index contributed by atoms with van der Waals surface area (Å²) in [5.41, 5.74) is 0. The van der Waals surface area contributed by atoms with E-state index >= 15 is 0 Å². The van der Waals surface area contributed by atoms with Crippen molar-refractivity contribution in [2.24, 2.45) is 0 Å². The summed E-state index contributed by atoms with van der Waals surface area (Å²) < 4.78 is 7.67. The van der Waals surface area contributed by atoms with Gasteiger partial charge in [-0.05, 0) is 44.6 Å². The number of hydrogen-bond acceptors (Lipinski definition) is 4. The van der Waals surface area contributed by atoms with E-state index in [2.05, 4.69) is 20.2 Å². The van der Waals surface area contributed by atoms with Crippen LogP contribution in [0.25, 0.3) is 0 Å². The first-order valence-corrected chi connectivity index (χ1v) is 9.34. The Morgan fingerprint density at radius 2 is 2.13 bits per heavy atom. The molecular formula is C16H24N4OS2. The SMILES string of the molecule is Cc1ccc(CSCCNC(=S)NCCCn2ccnc2C)o1. The number of aryl methyl sites for hydroxylation is 3. The number of thioether (sulfide) groups is 1. The highest BCUT2D eigenvalue weighted by molar-refractivity contribution is 7.98. The van der Waals surface area contributed by atoms with E-state index < -0.39 is 0 Å². The summed E-state index contributed by atoms with van der Waals surface area (Å²) in [6.45, 7) is 6.66. The molecule has 0 bridgehead atoms. The minimum atomic E-state index is 0.724. The highest BCUT2D eigenvalue weighted by Crippen LogP contribution is 2.14. The second kappa shape index (κ2) is 9.62. The number of rotatable bonds is 9. The van der Waals surface area contributed by atoms with Crippen LogP contribution >= 0.6 is 24.0 Å². The van der Waals surface area contributed by atoms with E-state index in [1.165, 1.54) is 0 Å². The van der Waals surface area contributed by atoms with E-state index in [0.29, 0.717) is 0 Å². The van der Waals surface area contributed by atoms with Crippen molar-refractivity contribution in [3.05, 3.63) is 41.9 Å². The first kappa shape index (κ1) is 17.9. The molecule has 0 aliphatic rings. The molecular weight excluding hydrogens is 328 g/mol. The van der Waals surface area contributed by atoms with Crippen LogP contribution < -0.4 is 10.6 Å². The number of nitrogens with zero attached hydrogens (tertiary/aromatic N) is 2. The Morgan fingerprint density at radius 3 is 2.83 bits per heavy atom. The van der Waals surface area contributed by atoms with Gasteiger partial charge in [-0.15, -0.1) is 0 Å². The van der Waals surface area contributed by atoms with Gasteiger partial charge in [0.2, 0.25) is 0 Å². The molecule has 0 aliphatic carbocycles. The lowest BCUT2D eigenvalue weighted by Gasteiger charge is -2.10. The third kappa shape index (κ3) is 6.66. The fraction of sp³-hybridized carbons (Fsp3) is 0.500. The van der Waals surface area contributed by atoms with Crippen LogP contribution in [0.2, 0.25) is 0 Å². The van der Waals surface area contributed by atoms with Gasteiger partial charge in [-0.2, -0.15) is 11.8 Å². The molecule has 0 spiro atoms. The molecule has 2 N–H and O–H groups in total. The van der Waals surface area contributed by atoms with Crippen LogP contribution in [-0.4, -0.2) is 33.5 Å². The average molecular weight is 353 g/mol. The van der Waals surface area contributed by atoms with E-state index in [1.807, 2.05) is 50.1 Å². The zero-order valence-corrected chi connectivity index (χ0v) is 15.3. The van der Waals surface area contributed by atoms with Gasteiger partial charge in [-0.3, -0.25) is 0 Å². The summed E-state index contributed by atoms with van der Waals surface area (Å²) in [7, 11) is 0. The van der Waals surface area contributed by atoms with Gasteiger partial charge in [0.05, 0.1) is 5.75 Å². The molecule has 2 rings (SSSR count). The molecule has 23 heavy (non-hydrogen) atoms. The van der Waals surface area contributed by atoms with Crippen LogP contribution in [0.15, 0.2) is 28.9 Å². The smallest absolute Gasteiger partial charge is 0.166 e. The monoisotopic (exact) mass is 352 g/mol. The van der Waals surface area contributed by atoms with E-state index in [-0.39, 0.29) is 0 Å². The summed E-state index contributed by atoms with van der Waals surface area (Å²) in [6, 6.07) is 4.03. The minimum Gasteiger partial charge on any atom is -0.466 e. The molecule has 0 unspecified atom stereocenters. The number of hydrogen-bond donors (Lipinski definition) is 2. The third-order valence-corrected chi connectivity index (χ3v) is 4.63. The maximum Gasteiger partial charge on any atom is 0.166 e. The van der Waals surface area contributed by atoms with Crippen molar-refractivity contribution in [1.29, 1.82) is 0 Å². The summed E-state index contributed by atoms with van der Waals surface area (Å²) >= 11 is 7.11. The van der Waals surface area contributed by atoms with E-state index in [1.54, 1.807) is 0 Å². The van der Waals surface area contributed by atoms with Crippen LogP contribution in [0.4, 0.5) is 0 Å². The van der Waals surface area contributed by atoms with Crippen molar-refractivity contribution in [3.63, 3.8) is 0 Å². The predicted octanol–water partition coefficient (Wildman–Crippen LogP) is 2.88. The molecule has 0 aliphatic heterocycles. The van der Waals surface area contributed by atoms with Gasteiger partial charge in [0, 0.05) is 37.8 Å². The fourth-order valence-corrected chi connectivity index (χ4v) is 3.08. The fourth-order valence-electron chi connectivity index (χ4n) is 2.13. The zero-order valence-electron chi connectivity index (χ0n) is 13.7. The molecule has 5 nitrogen and oxygen atoms in total. The molecule has 0 radical (unpaired) electrons. The van der Waals surface area contributed by atoms with E-state index in [4.69, 9.17) is 16.6 Å². The van der Waals surface area contributed by atoms with Gasteiger partial charge in [0.1, 0.15) is 17.3 Å². The van der Waals surface area contributed by atoms with Gasteiger partial charge in [0.25, 0.3) is 0 Å². The van der Waals surface area contributed by atoms with Crippen LogP contribution in [0, 0.1) is 13.8 Å². The Bertz CT molecular complexity index is 609. The molecule has 0 atom stereocenters. The number of furan rings is 1. The van der Waals surface area contributed by atoms with Crippen LogP contribution in [0.1, 0.15) is 23.8 Å². The lowest BCUT2D eigenvalue weighted by Crippen LogP contribution is -2.37. The second-order valence-electron chi connectivity index (χ2n) is 5.27. The summed E-state index contributed by atoms with van der Waals surface area (Å²) in [6.07, 6.45) is 4.85. The third-order valence-electron chi connectivity index (χ3n) is 3.36. The number of imidazole rings is 1. The van der Waals surface area contributed by atoms with Crippen molar-refractivity contribution in [2.45, 2.75) is 32.6 Å². The van der Waals surface area contributed by atoms with E-state index in [0.717, 1.165) is 60.0 Å². The maximum absolute atomic E-state index is 5.53. The summed E-state index contributed by atoms with van der Waals surface area (Å²) in [5.74, 6) is 4.95. The molecule has 0 fully saturated rings. The normalized spacial score (nSPS) is 10.7. The quantitative estimate of drug-likeness (QED) is 0.535. The van der Waals surface area contributed by atoms with Crippen molar-refractivity contribution in [2.75, 3.05) is 18.8 Å². The molecule has 2 aromatic heterocycles. The summed E-state index contributed by atoms with van der Waals surface area (Å²) in [4.78, 5) is 4.21. The van der Waals surface area contributed by atoms with Crippen molar-refractivity contribution in [3.8, 4) is 0 Å². The van der Waals surface area contributed by atoms with Crippen LogP contribution in [-0.2, 0) is 12.3 Å². The van der Waals surface area contributed by atoms with Gasteiger partial charge < -0.3 is 19.6 Å². The second-order valence-corrected chi connectivity index (χ2v) is 6.78. The first-order chi connectivity index (χ1) is 11.1. The first-order valence-electron chi connectivity index (χ1n) is 7.77. The minimum absolute atomic E-state index is 0.724. The molecule has 0 saturated heterocycles. The Balaban J connectivity index is 1.46. The molecule has 2 aromatic rings. The predicted molar refractivity (Wildman–Crippen MR) is 99.8 cm³/mol. The Hall–Kier alpha value is -1.47. The lowest BCUT2D eigenvalue weighted by atomic mass is 10.4. The Kier molecular flexibility index (Phi) is 7.48. The highest BCUT2D eigenvalue weighted by Gasteiger charge is 2.00. The van der Waals surface area contributed by atoms with Gasteiger partial charge >= 0.3 is 0 Å². The molecule has 0 amide bonds. The molecule has 0 aromatic carbocycles. The van der Waals surface area contributed by atoms with Crippen LogP contribution in [0.5, 0.6) is 0 Å². The maximum atomic E-state index is 5.53. The van der Waals surface area contributed by atoms with Crippen molar-refractivity contribution >= 4 is 29.1 Å². The van der Waals surface area contributed by atoms with Crippen LogP contribution in [0.3, 0.4) is 0 Å². The molecule has 2 heterocycles. The van der Waals surface area contributed by atoms with Gasteiger partial charge in [-0.25, -0.2) is 4.98 Å². The lowest BCUT2D eigenvalue weighted by molar-refractivity contribution is 0.501. The molecule has 126 valence electrons. The van der Waals surface area contributed by atoms with E-state index in [9.17, 15) is 0 Å². The number of aromatic nitrogens is 2. The largest absolute Gasteiger partial charge is 0.466 e. The van der Waals surface area contributed by atoms with Crippen molar-refractivity contribution in [1.82, 2.24) is 20.2 Å². The number of nitrogens with one attached hydrogen (secondary N) is 2. The topological polar surface area (TPSA) is 55.0 Å². The summed E-state index contributed by atoms with van der Waals surface area (Å²) in [5, 5.41) is 7.19. The Labute approximate surface area is 147 Å². The van der Waals surface area contributed by atoms with Gasteiger partial charge in [-0.1, -0.05) is 0 Å². The standard InChI is InChI=1S/C16H24N4OS2/c1-13-4-5-15(21-13)12-23-11-8-19-16(22)18-6-3-9-20-10-7-17-14(20)2/h4-5,7,10H,3,6,8-9,11-12H2,1-2H3,(H2,18,19,22).